The van der Waals surface area contributed by atoms with Crippen molar-refractivity contribution in [1.82, 2.24) is 14.1 Å². The number of hydrogen-bond donors (Lipinski definition) is 2. The fourth-order valence-corrected chi connectivity index (χ4v) is 0.500. The molecule has 0 unspecified atom stereocenters. The molecule has 0 aromatic carbocycles. The summed E-state index contributed by atoms with van der Waals surface area (Å²) in [6.45, 7) is 0. The minimum atomic E-state index is -0.949. The van der Waals surface area contributed by atoms with Crippen LogP contribution in [0.1, 0.15) is 1.43 Å². The zero-order valence-corrected chi connectivity index (χ0v) is 8.31. The van der Waals surface area contributed by atoms with Gasteiger partial charge >= 0.3 is 46.6 Å². The van der Waals surface area contributed by atoms with Crippen molar-refractivity contribution in [3.05, 3.63) is 31.5 Å². The minimum Gasteiger partial charge on any atom is -1.00 e. The van der Waals surface area contributed by atoms with Crippen LogP contribution in [0.4, 0.5) is 0 Å². The van der Waals surface area contributed by atoms with Crippen molar-refractivity contribution in [2.24, 2.45) is 0 Å². The van der Waals surface area contributed by atoms with Crippen LogP contribution >= 0.6 is 11.8 Å². The topological polar surface area (TPSA) is 87.7 Å². The molecule has 0 spiro atoms. The Bertz CT molecular complexity index is 374. The molecule has 1 heterocycles. The van der Waals surface area contributed by atoms with Crippen molar-refractivity contribution in [3.8, 4) is 0 Å². The van der Waals surface area contributed by atoms with E-state index in [1.165, 1.54) is 0 Å². The molecule has 0 amide bonds. The van der Waals surface area contributed by atoms with Crippen LogP contribution in [-0.4, -0.2) is 14.1 Å². The number of aromatic amines is 2. The molecular weight excluding hydrogens is 184 g/mol. The van der Waals surface area contributed by atoms with Crippen LogP contribution in [0.25, 0.3) is 0 Å². The Balaban J connectivity index is 0. The van der Waals surface area contributed by atoms with Crippen LogP contribution in [-0.2, 0) is 0 Å². The van der Waals surface area contributed by atoms with E-state index in [9.17, 15) is 14.4 Å². The minimum absolute atomic E-state index is 0. The number of halogens is 1. The molecule has 0 fully saturated rings. The van der Waals surface area contributed by atoms with Gasteiger partial charge in [-0.2, -0.15) is 4.09 Å². The van der Waals surface area contributed by atoms with Gasteiger partial charge < -0.3 is 1.43 Å². The van der Waals surface area contributed by atoms with Crippen molar-refractivity contribution in [3.63, 3.8) is 0 Å². The average Bonchev–Trinajstić information content (AvgIpc) is 1.82. The van der Waals surface area contributed by atoms with E-state index in [4.69, 9.17) is 11.8 Å². The third-order valence-electron chi connectivity index (χ3n) is 0.798. The van der Waals surface area contributed by atoms with Crippen molar-refractivity contribution in [2.75, 3.05) is 0 Å². The molecule has 0 bridgehead atoms. The van der Waals surface area contributed by atoms with E-state index < -0.39 is 17.1 Å². The molecule has 1 aromatic rings. The first-order chi connectivity index (χ1) is 4.61. The molecule has 56 valence electrons. The fourth-order valence-electron chi connectivity index (χ4n) is 0.416. The Morgan fingerprint density at radius 1 is 1.18 bits per heavy atom. The first kappa shape index (κ1) is 10.7. The van der Waals surface area contributed by atoms with Crippen LogP contribution in [0.15, 0.2) is 14.4 Å². The summed E-state index contributed by atoms with van der Waals surface area (Å²) in [6.07, 6.45) is 0. The van der Waals surface area contributed by atoms with E-state index >= 15 is 0 Å². The van der Waals surface area contributed by atoms with Crippen molar-refractivity contribution < 1.29 is 31.0 Å². The standard InChI is InChI=1S/C3H2ClN3O3.Na.H/c4-7-2(9)5-1(8)6-3(7)10;;/h(H2,5,6,8,9,10);;/q;+1;-1. The molecule has 0 atom stereocenters. The monoisotopic (exact) mass is 187 g/mol. The van der Waals surface area contributed by atoms with E-state index in [-0.39, 0.29) is 35.1 Å². The molecular formula is C3H3ClN3NaO3. The largest absolute Gasteiger partial charge is 1.00 e. The van der Waals surface area contributed by atoms with Crippen molar-refractivity contribution in [1.29, 1.82) is 0 Å². The van der Waals surface area contributed by atoms with Crippen LogP contribution < -0.4 is 46.6 Å². The summed E-state index contributed by atoms with van der Waals surface area (Å²) in [5, 5.41) is 0. The van der Waals surface area contributed by atoms with Gasteiger partial charge in [-0.15, -0.1) is 0 Å². The molecule has 2 N–H and O–H groups in total. The number of nitrogens with zero attached hydrogens (tertiary/aromatic N) is 1. The van der Waals surface area contributed by atoms with Gasteiger partial charge in [0.25, 0.3) is 0 Å². The van der Waals surface area contributed by atoms with Gasteiger partial charge in [0.1, 0.15) is 0 Å². The molecule has 0 aliphatic rings. The van der Waals surface area contributed by atoms with E-state index in [1.807, 2.05) is 0 Å². The summed E-state index contributed by atoms with van der Waals surface area (Å²) < 4.78 is 0.238. The number of H-pyrrole nitrogens is 2. The first-order valence-electron chi connectivity index (χ1n) is 2.23. The fraction of sp³-hybridized carbons (Fsp3) is 0. The summed E-state index contributed by atoms with van der Waals surface area (Å²) in [6, 6.07) is 0. The second kappa shape index (κ2) is 3.91. The van der Waals surface area contributed by atoms with Gasteiger partial charge in [-0.1, -0.05) is 0 Å². The van der Waals surface area contributed by atoms with Crippen LogP contribution in [0.3, 0.4) is 0 Å². The van der Waals surface area contributed by atoms with E-state index in [1.54, 1.807) is 9.97 Å². The van der Waals surface area contributed by atoms with Gasteiger partial charge in [0, 0.05) is 11.8 Å². The quantitative estimate of drug-likeness (QED) is 0.401. The number of nitrogens with one attached hydrogen (secondary N) is 2. The maximum absolute atomic E-state index is 10.4. The van der Waals surface area contributed by atoms with E-state index in [2.05, 4.69) is 0 Å². The van der Waals surface area contributed by atoms with Crippen molar-refractivity contribution in [2.45, 2.75) is 0 Å². The average molecular weight is 188 g/mol. The molecule has 1 rings (SSSR count). The molecule has 0 radical (unpaired) electrons. The van der Waals surface area contributed by atoms with Gasteiger partial charge in [-0.25, -0.2) is 14.4 Å². The van der Waals surface area contributed by atoms with Gasteiger partial charge in [-0.05, 0) is 0 Å². The molecule has 6 nitrogen and oxygen atoms in total. The Morgan fingerprint density at radius 3 is 1.91 bits per heavy atom. The number of aromatic nitrogens is 3. The molecule has 0 saturated carbocycles. The second-order valence-electron chi connectivity index (χ2n) is 1.47. The molecule has 11 heavy (non-hydrogen) atoms. The zero-order valence-electron chi connectivity index (χ0n) is 6.55. The first-order valence-corrected chi connectivity index (χ1v) is 2.57. The Morgan fingerprint density at radius 2 is 1.55 bits per heavy atom. The Kier molecular flexibility index (Phi) is 3.81. The smallest absolute Gasteiger partial charge is 1.00 e. The summed E-state index contributed by atoms with van der Waals surface area (Å²) in [4.78, 5) is 34.6. The van der Waals surface area contributed by atoms with Gasteiger partial charge in [0.2, 0.25) is 0 Å². The Hall–Kier alpha value is -0.300. The normalized spacial score (nSPS) is 8.82. The van der Waals surface area contributed by atoms with Crippen LogP contribution in [0, 0.1) is 0 Å². The molecule has 8 heteroatoms. The second-order valence-corrected chi connectivity index (χ2v) is 1.81. The van der Waals surface area contributed by atoms with E-state index in [0.29, 0.717) is 0 Å². The summed E-state index contributed by atoms with van der Waals surface area (Å²) in [5.74, 6) is 0. The zero-order chi connectivity index (χ0) is 7.72. The van der Waals surface area contributed by atoms with Crippen LogP contribution in [0.2, 0.25) is 0 Å². The Labute approximate surface area is 88.1 Å². The SMILES string of the molecule is O=c1[nH]c(=O)n(Cl)c(=O)[nH]1.[H-].[Na+]. The molecule has 0 aliphatic carbocycles. The van der Waals surface area contributed by atoms with Gasteiger partial charge in [0.15, 0.2) is 0 Å². The van der Waals surface area contributed by atoms with Gasteiger partial charge in [0.05, 0.1) is 0 Å². The van der Waals surface area contributed by atoms with Gasteiger partial charge in [-0.3, -0.25) is 9.97 Å². The molecule has 0 saturated heterocycles. The third kappa shape index (κ3) is 2.33. The third-order valence-corrected chi connectivity index (χ3v) is 1.10. The van der Waals surface area contributed by atoms with Crippen molar-refractivity contribution >= 4 is 11.8 Å². The number of rotatable bonds is 0. The summed E-state index contributed by atoms with van der Waals surface area (Å²) in [7, 11) is 0. The predicted octanol–water partition coefficient (Wildman–Crippen LogP) is -4.66. The predicted molar refractivity (Wildman–Crippen MR) is 34.3 cm³/mol. The van der Waals surface area contributed by atoms with E-state index in [0.717, 1.165) is 0 Å². The number of hydrogen-bond acceptors (Lipinski definition) is 3. The maximum atomic E-state index is 10.4. The maximum Gasteiger partial charge on any atom is 1.00 e. The molecule has 0 aliphatic heterocycles. The molecule has 1 aromatic heterocycles. The van der Waals surface area contributed by atoms with Crippen LogP contribution in [0.5, 0.6) is 0 Å². The summed E-state index contributed by atoms with van der Waals surface area (Å²) >= 11 is 5.04. The summed E-state index contributed by atoms with van der Waals surface area (Å²) in [5.41, 5.74) is -2.77.